The molecule has 0 fully saturated rings. The van der Waals surface area contributed by atoms with Gasteiger partial charge >= 0.3 is 0 Å². The first-order valence-corrected chi connectivity index (χ1v) is 5.43. The largest absolute Gasteiger partial charge is 0.295 e. The second kappa shape index (κ2) is 4.18. The van der Waals surface area contributed by atoms with Crippen LogP contribution in [0, 0.1) is 5.41 Å². The Morgan fingerprint density at radius 1 is 1.47 bits per heavy atom. The van der Waals surface area contributed by atoms with E-state index in [2.05, 4.69) is 26.5 Å². The summed E-state index contributed by atoms with van der Waals surface area (Å²) in [5, 5.41) is 0. The molecular formula is C14H20O. The van der Waals surface area contributed by atoms with E-state index in [0.717, 1.165) is 17.6 Å². The molecule has 1 heteroatoms. The van der Waals surface area contributed by atoms with Crippen molar-refractivity contribution in [3.63, 3.8) is 0 Å². The zero-order chi connectivity index (χ0) is 11.6. The molecule has 0 N–H and O–H groups in total. The van der Waals surface area contributed by atoms with Gasteiger partial charge in [-0.2, -0.15) is 0 Å². The Balaban J connectivity index is 3.12. The predicted octanol–water partition coefficient (Wildman–Crippen LogP) is 3.82. The summed E-state index contributed by atoms with van der Waals surface area (Å²) >= 11 is 0. The quantitative estimate of drug-likeness (QED) is 0.625. The third-order valence-electron chi connectivity index (χ3n) is 3.06. The van der Waals surface area contributed by atoms with E-state index in [1.807, 2.05) is 19.9 Å². The maximum Gasteiger partial charge on any atom is 0.158 e. The fourth-order valence-electron chi connectivity index (χ4n) is 1.98. The third kappa shape index (κ3) is 2.68. The lowest BCUT2D eigenvalue weighted by Crippen LogP contribution is -2.24. The minimum absolute atomic E-state index is 0.115. The highest BCUT2D eigenvalue weighted by Gasteiger charge is 2.30. The maximum atomic E-state index is 11.6. The summed E-state index contributed by atoms with van der Waals surface area (Å²) in [4.78, 5) is 11.6. The summed E-state index contributed by atoms with van der Waals surface area (Å²) in [5.41, 5.74) is 3.22. The van der Waals surface area contributed by atoms with Crippen molar-refractivity contribution in [2.24, 2.45) is 5.41 Å². The Labute approximate surface area is 92.6 Å². The van der Waals surface area contributed by atoms with Gasteiger partial charge in [-0.3, -0.25) is 4.79 Å². The van der Waals surface area contributed by atoms with Crippen LogP contribution in [0.3, 0.4) is 0 Å². The molecule has 0 aromatic heterocycles. The minimum atomic E-state index is 0.115. The number of hydrogen-bond donors (Lipinski definition) is 0. The maximum absolute atomic E-state index is 11.6. The number of ketones is 1. The highest BCUT2D eigenvalue weighted by Crippen LogP contribution is 2.39. The van der Waals surface area contributed by atoms with Crippen LogP contribution < -0.4 is 0 Å². The van der Waals surface area contributed by atoms with Crippen LogP contribution in [0.1, 0.15) is 40.5 Å². The molecule has 0 aromatic carbocycles. The number of Topliss-reactive ketones (excluding diaryl/α,β-unsaturated/α-hetero) is 1. The lowest BCUT2D eigenvalue weighted by molar-refractivity contribution is -0.116. The molecule has 0 aliphatic heterocycles. The van der Waals surface area contributed by atoms with Gasteiger partial charge in [0.15, 0.2) is 5.78 Å². The van der Waals surface area contributed by atoms with Crippen molar-refractivity contribution in [3.05, 3.63) is 35.5 Å². The molecule has 0 unspecified atom stereocenters. The second-order valence-corrected chi connectivity index (χ2v) is 5.03. The highest BCUT2D eigenvalue weighted by molar-refractivity contribution is 5.97. The van der Waals surface area contributed by atoms with Gasteiger partial charge in [-0.1, -0.05) is 38.2 Å². The van der Waals surface area contributed by atoms with Crippen molar-refractivity contribution in [2.75, 3.05) is 0 Å². The molecule has 0 bridgehead atoms. The van der Waals surface area contributed by atoms with Crippen molar-refractivity contribution >= 4 is 5.78 Å². The molecule has 0 heterocycles. The Kier molecular flexibility index (Phi) is 3.33. The highest BCUT2D eigenvalue weighted by atomic mass is 16.1. The molecule has 0 aromatic rings. The Hall–Kier alpha value is -1.11. The van der Waals surface area contributed by atoms with Gasteiger partial charge in [0.05, 0.1) is 0 Å². The van der Waals surface area contributed by atoms with Gasteiger partial charge in [-0.25, -0.2) is 0 Å². The fraction of sp³-hybridized carbons (Fsp3) is 0.500. The molecule has 1 aliphatic rings. The molecule has 0 radical (unpaired) electrons. The van der Waals surface area contributed by atoms with Crippen molar-refractivity contribution in [3.8, 4) is 0 Å². The summed E-state index contributed by atoms with van der Waals surface area (Å²) in [6, 6.07) is 0. The molecule has 1 nitrogen and oxygen atoms in total. The zero-order valence-corrected chi connectivity index (χ0v) is 10.2. The molecule has 0 saturated carbocycles. The lowest BCUT2D eigenvalue weighted by Gasteiger charge is -2.32. The summed E-state index contributed by atoms with van der Waals surface area (Å²) in [6.07, 6.45) is 5.66. The van der Waals surface area contributed by atoms with E-state index >= 15 is 0 Å². The molecule has 1 rings (SSSR count). The Morgan fingerprint density at radius 2 is 2.07 bits per heavy atom. The number of hydrogen-bond acceptors (Lipinski definition) is 1. The average Bonchev–Trinajstić information content (AvgIpc) is 2.11. The van der Waals surface area contributed by atoms with Crippen LogP contribution in [0.25, 0.3) is 0 Å². The van der Waals surface area contributed by atoms with Crippen molar-refractivity contribution in [1.82, 2.24) is 0 Å². The summed E-state index contributed by atoms with van der Waals surface area (Å²) < 4.78 is 0. The van der Waals surface area contributed by atoms with Crippen LogP contribution in [0.5, 0.6) is 0 Å². The van der Waals surface area contributed by atoms with Crippen LogP contribution >= 0.6 is 0 Å². The SMILES string of the molecule is C=C(C)C=CC1=C(C)C(=O)CCC1(C)C. The Morgan fingerprint density at radius 3 is 2.60 bits per heavy atom. The van der Waals surface area contributed by atoms with Crippen LogP contribution in [0.2, 0.25) is 0 Å². The molecule has 0 amide bonds. The molecule has 0 atom stereocenters. The summed E-state index contributed by atoms with van der Waals surface area (Å²) in [6.45, 7) is 12.1. The van der Waals surface area contributed by atoms with Crippen LogP contribution in [-0.4, -0.2) is 5.78 Å². The van der Waals surface area contributed by atoms with Gasteiger partial charge in [0.2, 0.25) is 0 Å². The minimum Gasteiger partial charge on any atom is -0.295 e. The molecule has 82 valence electrons. The number of carbonyl (C=O) groups excluding carboxylic acids is 1. The second-order valence-electron chi connectivity index (χ2n) is 5.03. The lowest BCUT2D eigenvalue weighted by atomic mass is 9.72. The van der Waals surface area contributed by atoms with E-state index in [0.29, 0.717) is 6.42 Å². The fourth-order valence-corrected chi connectivity index (χ4v) is 1.98. The van der Waals surface area contributed by atoms with Crippen molar-refractivity contribution in [1.29, 1.82) is 0 Å². The molecule has 0 saturated heterocycles. The molecular weight excluding hydrogens is 184 g/mol. The monoisotopic (exact) mass is 204 g/mol. The van der Waals surface area contributed by atoms with Gasteiger partial charge < -0.3 is 0 Å². The van der Waals surface area contributed by atoms with Crippen LogP contribution in [0.4, 0.5) is 0 Å². The first kappa shape index (κ1) is 12.0. The summed E-state index contributed by atoms with van der Waals surface area (Å²) in [5.74, 6) is 0.288. The standard InChI is InChI=1S/C14H20O/c1-10(2)6-7-12-11(3)13(15)8-9-14(12,4)5/h6-7H,1,8-9H2,2-5H3. The Bertz CT molecular complexity index is 354. The number of rotatable bonds is 2. The van der Waals surface area contributed by atoms with E-state index in [-0.39, 0.29) is 11.2 Å². The topological polar surface area (TPSA) is 17.1 Å². The van der Waals surface area contributed by atoms with E-state index < -0.39 is 0 Å². The molecule has 15 heavy (non-hydrogen) atoms. The van der Waals surface area contributed by atoms with Gasteiger partial charge in [-0.05, 0) is 36.8 Å². The zero-order valence-electron chi connectivity index (χ0n) is 10.2. The predicted molar refractivity (Wildman–Crippen MR) is 64.7 cm³/mol. The first-order valence-electron chi connectivity index (χ1n) is 5.43. The van der Waals surface area contributed by atoms with Gasteiger partial charge in [0.25, 0.3) is 0 Å². The normalized spacial score (nSPS) is 21.2. The van der Waals surface area contributed by atoms with Gasteiger partial charge in [0, 0.05) is 6.42 Å². The van der Waals surface area contributed by atoms with E-state index in [4.69, 9.17) is 0 Å². The molecule has 0 spiro atoms. The van der Waals surface area contributed by atoms with E-state index in [9.17, 15) is 4.79 Å². The van der Waals surface area contributed by atoms with Gasteiger partial charge in [0.1, 0.15) is 0 Å². The van der Waals surface area contributed by atoms with Crippen LogP contribution in [-0.2, 0) is 4.79 Å². The van der Waals surface area contributed by atoms with Crippen molar-refractivity contribution < 1.29 is 4.79 Å². The number of carbonyl (C=O) groups is 1. The third-order valence-corrected chi connectivity index (χ3v) is 3.06. The van der Waals surface area contributed by atoms with Crippen LogP contribution in [0.15, 0.2) is 35.5 Å². The average molecular weight is 204 g/mol. The molecule has 1 aliphatic carbocycles. The summed E-state index contributed by atoms with van der Waals surface area (Å²) in [7, 11) is 0. The number of allylic oxidation sites excluding steroid dienone is 5. The van der Waals surface area contributed by atoms with Gasteiger partial charge in [-0.15, -0.1) is 0 Å². The van der Waals surface area contributed by atoms with E-state index in [1.54, 1.807) is 0 Å². The van der Waals surface area contributed by atoms with E-state index in [1.165, 1.54) is 5.57 Å². The first-order chi connectivity index (χ1) is 6.84. The smallest absolute Gasteiger partial charge is 0.158 e. The van der Waals surface area contributed by atoms with Crippen molar-refractivity contribution in [2.45, 2.75) is 40.5 Å².